The maximum Gasteiger partial charge on any atom is 0.262 e. The highest BCUT2D eigenvalue weighted by molar-refractivity contribution is 14.1. The highest BCUT2D eigenvalue weighted by Gasteiger charge is 2.49. The highest BCUT2D eigenvalue weighted by Crippen LogP contribution is 2.55. The number of anilines is 1. The Labute approximate surface area is 313 Å². The van der Waals surface area contributed by atoms with Gasteiger partial charge in [-0.05, 0) is 101 Å². The van der Waals surface area contributed by atoms with Crippen LogP contribution in [0, 0.1) is 21.3 Å². The van der Waals surface area contributed by atoms with Crippen molar-refractivity contribution >= 4 is 57.4 Å². The van der Waals surface area contributed by atoms with E-state index in [2.05, 4.69) is 72.6 Å². The lowest BCUT2D eigenvalue weighted by Gasteiger charge is -2.49. The number of Topliss-reactive ketones (excluding diaryl/α,β-unsaturated/α-hetero) is 2. The molecule has 9 heteroatoms. The van der Waals surface area contributed by atoms with Crippen LogP contribution in [0.15, 0.2) is 83.2 Å². The topological polar surface area (TPSA) is 84.9 Å². The average molecular weight is 807 g/mol. The van der Waals surface area contributed by atoms with E-state index >= 15 is 0 Å². The number of allylic oxidation sites excluding steroid dienone is 4. The Morgan fingerprint density at radius 2 is 1.52 bits per heavy atom. The molecule has 0 aromatic heterocycles. The van der Waals surface area contributed by atoms with Crippen LogP contribution in [0.2, 0.25) is 5.02 Å². The normalized spacial score (nSPS) is 18.5. The van der Waals surface area contributed by atoms with Gasteiger partial charge in [0.05, 0.1) is 10.2 Å². The molecule has 1 N–H and O–H groups in total. The average Bonchev–Trinajstić information content (AvgIpc) is 3.02. The predicted molar refractivity (Wildman–Crippen MR) is 205 cm³/mol. The summed E-state index contributed by atoms with van der Waals surface area (Å²) in [6.45, 7) is 13.1. The third kappa shape index (κ3) is 7.52. The second-order valence-corrected chi connectivity index (χ2v) is 16.7. The molecule has 0 atom stereocenters. The zero-order valence-electron chi connectivity index (χ0n) is 29.5. The van der Waals surface area contributed by atoms with Gasteiger partial charge in [-0.3, -0.25) is 14.4 Å². The summed E-state index contributed by atoms with van der Waals surface area (Å²) in [5, 5.41) is 3.40. The van der Waals surface area contributed by atoms with Crippen LogP contribution < -0.4 is 14.8 Å². The maximum absolute atomic E-state index is 14.3. The van der Waals surface area contributed by atoms with Crippen molar-refractivity contribution < 1.29 is 23.9 Å². The van der Waals surface area contributed by atoms with E-state index in [4.69, 9.17) is 21.1 Å². The summed E-state index contributed by atoms with van der Waals surface area (Å²) < 4.78 is 13.0. The molecule has 50 heavy (non-hydrogen) atoms. The number of carbonyl (C=O) groups is 3. The van der Waals surface area contributed by atoms with E-state index in [1.54, 1.807) is 12.1 Å². The molecule has 3 aromatic rings. The van der Waals surface area contributed by atoms with Crippen LogP contribution in [0.1, 0.15) is 82.9 Å². The minimum atomic E-state index is -0.532. The van der Waals surface area contributed by atoms with Gasteiger partial charge in [-0.25, -0.2) is 0 Å². The van der Waals surface area contributed by atoms with Crippen LogP contribution in [0.4, 0.5) is 5.69 Å². The van der Waals surface area contributed by atoms with E-state index in [0.717, 1.165) is 44.5 Å². The van der Waals surface area contributed by atoms with Gasteiger partial charge >= 0.3 is 0 Å². The third-order valence-corrected chi connectivity index (χ3v) is 10.9. The zero-order valence-corrected chi connectivity index (χ0v) is 32.5. The molecule has 2 aliphatic carbocycles. The van der Waals surface area contributed by atoms with Crippen molar-refractivity contribution in [2.24, 2.45) is 10.8 Å². The number of nitrogens with zero attached hydrogens (tertiary/aromatic N) is 1. The summed E-state index contributed by atoms with van der Waals surface area (Å²) >= 11 is 8.44. The van der Waals surface area contributed by atoms with Crippen molar-refractivity contribution in [2.75, 3.05) is 18.5 Å². The lowest BCUT2D eigenvalue weighted by molar-refractivity contribution is -0.120. The summed E-state index contributed by atoms with van der Waals surface area (Å²) in [5.41, 5.74) is 6.40. The Hall–Kier alpha value is -3.63. The van der Waals surface area contributed by atoms with Crippen LogP contribution >= 0.6 is 34.2 Å². The van der Waals surface area contributed by atoms with Crippen molar-refractivity contribution in [1.82, 2.24) is 4.90 Å². The van der Waals surface area contributed by atoms with Gasteiger partial charge in [0.2, 0.25) is 0 Å². The lowest BCUT2D eigenvalue weighted by atomic mass is 9.63. The van der Waals surface area contributed by atoms with Crippen LogP contribution in [0.3, 0.4) is 0 Å². The molecule has 1 heterocycles. The molecule has 3 aromatic carbocycles. The molecule has 3 aliphatic rings. The van der Waals surface area contributed by atoms with Crippen LogP contribution in [-0.4, -0.2) is 35.6 Å². The standard InChI is InChI=1S/C41H44ClIN2O5/c1-7-49-34-16-26(15-29(43)39(34)50-23-35(48)44-27-14-13-24(2)28(42)17-27)36-37-30(18-40(3,4)20-32(37)46)45(22-25-11-9-8-10-12-25)31-19-41(5,6)21-33(47)38(31)36/h8-17,36H,7,18-23H2,1-6H3,(H,44,48). The van der Waals surface area contributed by atoms with Crippen LogP contribution in [0.25, 0.3) is 0 Å². The van der Waals surface area contributed by atoms with Gasteiger partial charge in [0, 0.05) is 58.6 Å². The second-order valence-electron chi connectivity index (χ2n) is 15.2. The van der Waals surface area contributed by atoms with Crippen LogP contribution in [0.5, 0.6) is 11.5 Å². The summed E-state index contributed by atoms with van der Waals surface area (Å²) in [5.74, 6) is 0.174. The fraction of sp³-hybridized carbons (Fsp3) is 0.390. The number of hydrogen-bond donors (Lipinski definition) is 1. The van der Waals surface area contributed by atoms with Gasteiger partial charge in [0.15, 0.2) is 29.7 Å². The molecule has 7 nitrogen and oxygen atoms in total. The Morgan fingerprint density at radius 3 is 2.10 bits per heavy atom. The van der Waals surface area contributed by atoms with Gasteiger partial charge in [0.25, 0.3) is 5.91 Å². The molecule has 0 bridgehead atoms. The summed E-state index contributed by atoms with van der Waals surface area (Å²) in [7, 11) is 0. The summed E-state index contributed by atoms with van der Waals surface area (Å²) in [4.78, 5) is 43.9. The second kappa shape index (κ2) is 14.2. The Balaban J connectivity index is 1.43. The number of nitrogens with one attached hydrogen (secondary N) is 1. The number of benzene rings is 3. The highest BCUT2D eigenvalue weighted by atomic mass is 127. The molecule has 0 spiro atoms. The first-order chi connectivity index (χ1) is 23.7. The molecule has 0 saturated heterocycles. The van der Waals surface area contributed by atoms with Crippen molar-refractivity contribution in [3.8, 4) is 11.5 Å². The van der Waals surface area contributed by atoms with Gasteiger partial charge in [0.1, 0.15) is 0 Å². The van der Waals surface area contributed by atoms with E-state index in [-0.39, 0.29) is 34.9 Å². The number of amides is 1. The molecular weight excluding hydrogens is 763 g/mol. The van der Waals surface area contributed by atoms with Gasteiger partial charge in [-0.1, -0.05) is 75.7 Å². The van der Waals surface area contributed by atoms with E-state index in [0.29, 0.717) is 59.3 Å². The first-order valence-corrected chi connectivity index (χ1v) is 18.6. The largest absolute Gasteiger partial charge is 0.490 e. The van der Waals surface area contributed by atoms with Crippen molar-refractivity contribution in [1.29, 1.82) is 0 Å². The molecule has 0 radical (unpaired) electrons. The van der Waals surface area contributed by atoms with E-state index in [9.17, 15) is 14.4 Å². The fourth-order valence-corrected chi connectivity index (χ4v) is 8.46. The quantitative estimate of drug-likeness (QED) is 0.217. The summed E-state index contributed by atoms with van der Waals surface area (Å²) in [6, 6.07) is 19.5. The Morgan fingerprint density at radius 1 is 0.900 bits per heavy atom. The number of ether oxygens (including phenoxy) is 2. The minimum absolute atomic E-state index is 0.0738. The Kier molecular flexibility index (Phi) is 10.3. The van der Waals surface area contributed by atoms with E-state index < -0.39 is 5.92 Å². The molecule has 1 amide bonds. The van der Waals surface area contributed by atoms with Crippen molar-refractivity contribution in [2.45, 2.75) is 79.7 Å². The van der Waals surface area contributed by atoms with Crippen LogP contribution in [-0.2, 0) is 20.9 Å². The van der Waals surface area contributed by atoms with Crippen molar-refractivity contribution in [3.63, 3.8) is 0 Å². The van der Waals surface area contributed by atoms with E-state index in [1.165, 1.54) is 0 Å². The third-order valence-electron chi connectivity index (χ3n) is 9.67. The molecule has 0 saturated carbocycles. The number of ketones is 2. The first kappa shape index (κ1) is 36.2. The lowest BCUT2D eigenvalue weighted by Crippen LogP contribution is -2.44. The van der Waals surface area contributed by atoms with Gasteiger partial charge in [-0.2, -0.15) is 0 Å². The molecular formula is C41H44ClIN2O5. The number of aryl methyl sites for hydroxylation is 1. The first-order valence-electron chi connectivity index (χ1n) is 17.2. The molecule has 1 aliphatic heterocycles. The number of carbonyl (C=O) groups excluding carboxylic acids is 3. The smallest absolute Gasteiger partial charge is 0.262 e. The maximum atomic E-state index is 14.3. The molecule has 0 fully saturated rings. The number of hydrogen-bond acceptors (Lipinski definition) is 6. The molecule has 0 unspecified atom stereocenters. The van der Waals surface area contributed by atoms with E-state index in [1.807, 2.05) is 50.2 Å². The minimum Gasteiger partial charge on any atom is -0.490 e. The number of rotatable bonds is 9. The van der Waals surface area contributed by atoms with Crippen molar-refractivity contribution in [3.05, 3.63) is 108 Å². The predicted octanol–water partition coefficient (Wildman–Crippen LogP) is 9.56. The molecule has 262 valence electrons. The number of halogens is 2. The van der Waals surface area contributed by atoms with Gasteiger partial charge < -0.3 is 19.7 Å². The fourth-order valence-electron chi connectivity index (χ4n) is 7.50. The molecule has 6 rings (SSSR count). The van der Waals surface area contributed by atoms with Gasteiger partial charge in [-0.15, -0.1) is 0 Å². The Bertz CT molecular complexity index is 1880. The SMILES string of the molecule is CCOc1cc(C2C3=C(CC(C)(C)CC3=O)N(Cc3ccccc3)C3=C2C(=O)CC(C)(C)C3)cc(I)c1OCC(=O)Nc1ccc(C)c(Cl)c1. The summed E-state index contributed by atoms with van der Waals surface area (Å²) in [6.07, 6.45) is 2.25. The zero-order chi connectivity index (χ0) is 36.0. The monoisotopic (exact) mass is 806 g/mol.